The lowest BCUT2D eigenvalue weighted by Crippen LogP contribution is -2.43. The summed E-state index contributed by atoms with van der Waals surface area (Å²) in [6.07, 6.45) is 5.77. The van der Waals surface area contributed by atoms with Crippen molar-refractivity contribution in [1.82, 2.24) is 19.6 Å². The molecule has 136 valence electrons. The van der Waals surface area contributed by atoms with Gasteiger partial charge >= 0.3 is 0 Å². The minimum Gasteiger partial charge on any atom is -0.350 e. The van der Waals surface area contributed by atoms with E-state index >= 15 is 0 Å². The summed E-state index contributed by atoms with van der Waals surface area (Å²) >= 11 is 0. The molecule has 1 unspecified atom stereocenters. The predicted molar refractivity (Wildman–Crippen MR) is 90.8 cm³/mol. The van der Waals surface area contributed by atoms with Crippen LogP contribution in [0.3, 0.4) is 0 Å². The highest BCUT2D eigenvalue weighted by molar-refractivity contribution is 7.89. The van der Waals surface area contributed by atoms with Gasteiger partial charge in [-0.2, -0.15) is 0 Å². The molecule has 0 fully saturated rings. The molecule has 1 aromatic heterocycles. The molecule has 2 N–H and O–H groups in total. The van der Waals surface area contributed by atoms with Crippen LogP contribution < -0.4 is 10.0 Å². The van der Waals surface area contributed by atoms with E-state index in [9.17, 15) is 17.6 Å². The van der Waals surface area contributed by atoms with Gasteiger partial charge in [-0.05, 0) is 37.1 Å². The van der Waals surface area contributed by atoms with Gasteiger partial charge in [0.25, 0.3) is 0 Å². The summed E-state index contributed by atoms with van der Waals surface area (Å²) in [6, 6.07) is 3.33. The normalized spacial score (nSPS) is 12.8. The van der Waals surface area contributed by atoms with Crippen LogP contribution in [-0.4, -0.2) is 36.5 Å². The summed E-state index contributed by atoms with van der Waals surface area (Å²) in [4.78, 5) is 15.9. The van der Waals surface area contributed by atoms with Crippen molar-refractivity contribution < 1.29 is 17.6 Å². The molecule has 0 saturated heterocycles. The first-order valence-electron chi connectivity index (χ1n) is 7.82. The first-order valence-corrected chi connectivity index (χ1v) is 9.31. The molecule has 25 heavy (non-hydrogen) atoms. The molecule has 0 radical (unpaired) electrons. The molecular formula is C16H21FN4O3S. The molecule has 1 amide bonds. The Balaban J connectivity index is 1.92. The number of nitrogens with zero attached hydrogens (tertiary/aromatic N) is 2. The highest BCUT2D eigenvalue weighted by Crippen LogP contribution is 2.13. The Morgan fingerprint density at radius 1 is 1.40 bits per heavy atom. The van der Waals surface area contributed by atoms with E-state index in [2.05, 4.69) is 15.0 Å². The van der Waals surface area contributed by atoms with Gasteiger partial charge in [0.2, 0.25) is 15.9 Å². The van der Waals surface area contributed by atoms with E-state index in [4.69, 9.17) is 0 Å². The zero-order chi connectivity index (χ0) is 18.4. The van der Waals surface area contributed by atoms with Crippen LogP contribution in [0.5, 0.6) is 0 Å². The molecule has 2 rings (SSSR count). The molecule has 1 heterocycles. The number of amides is 1. The van der Waals surface area contributed by atoms with Crippen molar-refractivity contribution in [3.8, 4) is 0 Å². The number of aryl methyl sites for hydroxylation is 1. The topological polar surface area (TPSA) is 93.1 Å². The average molecular weight is 368 g/mol. The summed E-state index contributed by atoms with van der Waals surface area (Å²) in [7, 11) is -3.88. The minimum atomic E-state index is -3.88. The van der Waals surface area contributed by atoms with Crippen LogP contribution in [-0.2, 0) is 21.4 Å². The maximum absolute atomic E-state index is 13.3. The number of rotatable bonds is 8. The molecule has 7 nitrogen and oxygen atoms in total. The third-order valence-corrected chi connectivity index (χ3v) is 5.11. The van der Waals surface area contributed by atoms with E-state index in [0.29, 0.717) is 13.0 Å². The molecular weight excluding hydrogens is 347 g/mol. The van der Waals surface area contributed by atoms with E-state index in [1.807, 2.05) is 11.5 Å². The van der Waals surface area contributed by atoms with Gasteiger partial charge in [0, 0.05) is 25.0 Å². The van der Waals surface area contributed by atoms with Crippen molar-refractivity contribution in [2.24, 2.45) is 0 Å². The lowest BCUT2D eigenvalue weighted by Gasteiger charge is -2.17. The number of carbonyl (C=O) groups is 1. The fourth-order valence-electron chi connectivity index (χ4n) is 2.23. The van der Waals surface area contributed by atoms with Gasteiger partial charge in [-0.15, -0.1) is 0 Å². The molecule has 0 aliphatic carbocycles. The first kappa shape index (κ1) is 19.1. The molecule has 0 aliphatic rings. The maximum Gasteiger partial charge on any atom is 0.241 e. The fourth-order valence-corrected chi connectivity index (χ4v) is 3.30. The van der Waals surface area contributed by atoms with Crippen LogP contribution in [0.25, 0.3) is 0 Å². The van der Waals surface area contributed by atoms with E-state index < -0.39 is 21.7 Å². The number of hydrogen-bond acceptors (Lipinski definition) is 4. The number of benzene rings is 1. The van der Waals surface area contributed by atoms with Gasteiger partial charge in [-0.1, -0.05) is 6.92 Å². The van der Waals surface area contributed by atoms with Crippen LogP contribution in [0.1, 0.15) is 18.9 Å². The van der Waals surface area contributed by atoms with Crippen LogP contribution >= 0.6 is 0 Å². The number of sulfonamides is 1. The van der Waals surface area contributed by atoms with E-state index in [1.54, 1.807) is 18.7 Å². The summed E-state index contributed by atoms with van der Waals surface area (Å²) in [5, 5.41) is 2.78. The molecule has 0 bridgehead atoms. The van der Waals surface area contributed by atoms with Crippen LogP contribution in [0.15, 0.2) is 41.8 Å². The van der Waals surface area contributed by atoms with Gasteiger partial charge < -0.3 is 9.88 Å². The predicted octanol–water partition coefficient (Wildman–Crippen LogP) is 1.20. The Morgan fingerprint density at radius 3 is 2.76 bits per heavy atom. The number of carbonyl (C=O) groups excluding carboxylic acids is 1. The second-order valence-corrected chi connectivity index (χ2v) is 7.43. The van der Waals surface area contributed by atoms with Crippen molar-refractivity contribution in [3.63, 3.8) is 0 Å². The molecule has 0 saturated carbocycles. The number of halogens is 1. The molecule has 1 atom stereocenters. The summed E-state index contributed by atoms with van der Waals surface area (Å²) in [6.45, 7) is 3.56. The van der Waals surface area contributed by atoms with Crippen molar-refractivity contribution >= 4 is 15.9 Å². The Kier molecular flexibility index (Phi) is 6.27. The third kappa shape index (κ3) is 5.36. The first-order chi connectivity index (χ1) is 11.8. The molecule has 1 aromatic carbocycles. The molecule has 0 aliphatic heterocycles. The highest BCUT2D eigenvalue weighted by Gasteiger charge is 2.18. The second kappa shape index (κ2) is 8.21. The Hall–Kier alpha value is -2.26. The Labute approximate surface area is 146 Å². The van der Waals surface area contributed by atoms with E-state index in [0.717, 1.165) is 12.1 Å². The molecule has 9 heteroatoms. The van der Waals surface area contributed by atoms with Crippen LogP contribution in [0, 0.1) is 12.7 Å². The van der Waals surface area contributed by atoms with E-state index in [-0.39, 0.29) is 23.0 Å². The van der Waals surface area contributed by atoms with Gasteiger partial charge in [0.05, 0.1) is 17.8 Å². The number of imidazole rings is 1. The van der Waals surface area contributed by atoms with Gasteiger partial charge in [-0.25, -0.2) is 22.5 Å². The van der Waals surface area contributed by atoms with Crippen molar-refractivity contribution in [2.45, 2.75) is 37.8 Å². The van der Waals surface area contributed by atoms with Gasteiger partial charge in [0.1, 0.15) is 5.82 Å². The summed E-state index contributed by atoms with van der Waals surface area (Å²) in [5.74, 6) is -0.920. The maximum atomic E-state index is 13.3. The van der Waals surface area contributed by atoms with E-state index in [1.165, 1.54) is 13.0 Å². The average Bonchev–Trinajstić information content (AvgIpc) is 3.08. The smallest absolute Gasteiger partial charge is 0.241 e. The van der Waals surface area contributed by atoms with Crippen LogP contribution in [0.4, 0.5) is 4.39 Å². The fraction of sp³-hybridized carbons (Fsp3) is 0.375. The number of hydrogen-bond donors (Lipinski definition) is 2. The second-order valence-electron chi connectivity index (χ2n) is 5.67. The monoisotopic (exact) mass is 368 g/mol. The standard InChI is InChI=1S/C16H21FN4O3S/c1-3-13(10-21-7-6-18-11-21)20-16(22)9-19-25(23,24)14-4-5-15(17)12(2)8-14/h4-8,11,13,19H,3,9-10H2,1-2H3,(H,20,22). The number of nitrogens with one attached hydrogen (secondary N) is 2. The van der Waals surface area contributed by atoms with Crippen molar-refractivity contribution in [3.05, 3.63) is 48.3 Å². The number of aromatic nitrogens is 2. The van der Waals surface area contributed by atoms with Crippen molar-refractivity contribution in [2.75, 3.05) is 6.54 Å². The lowest BCUT2D eigenvalue weighted by atomic mass is 10.2. The zero-order valence-electron chi connectivity index (χ0n) is 14.1. The largest absolute Gasteiger partial charge is 0.350 e. The molecule has 2 aromatic rings. The highest BCUT2D eigenvalue weighted by atomic mass is 32.2. The molecule has 0 spiro atoms. The van der Waals surface area contributed by atoms with Crippen molar-refractivity contribution in [1.29, 1.82) is 0 Å². The third-order valence-electron chi connectivity index (χ3n) is 3.71. The lowest BCUT2D eigenvalue weighted by molar-refractivity contribution is -0.120. The minimum absolute atomic E-state index is 0.0790. The Bertz CT molecular complexity index is 822. The summed E-state index contributed by atoms with van der Waals surface area (Å²) < 4.78 is 41.7. The summed E-state index contributed by atoms with van der Waals surface area (Å²) in [5.41, 5.74) is 0.221. The SMILES string of the molecule is CCC(Cn1ccnc1)NC(=O)CNS(=O)(=O)c1ccc(F)c(C)c1. The zero-order valence-corrected chi connectivity index (χ0v) is 14.9. The quantitative estimate of drug-likeness (QED) is 0.732. The van der Waals surface area contributed by atoms with Gasteiger partial charge in [0.15, 0.2) is 0 Å². The van der Waals surface area contributed by atoms with Gasteiger partial charge in [-0.3, -0.25) is 4.79 Å². The Morgan fingerprint density at radius 2 is 2.16 bits per heavy atom. The van der Waals surface area contributed by atoms with Crippen LogP contribution in [0.2, 0.25) is 0 Å².